The maximum absolute atomic E-state index is 10.7. The Hall–Kier alpha value is -1.75. The van der Waals surface area contributed by atoms with E-state index in [9.17, 15) is 5.11 Å². The molecular weight excluding hydrogens is 499 g/mol. The molecule has 6 heteroatoms. The first-order valence-electron chi connectivity index (χ1n) is 12.4. The Bertz CT molecular complexity index is 1120. The van der Waals surface area contributed by atoms with Gasteiger partial charge in [0.1, 0.15) is 6.23 Å². The Morgan fingerprint density at radius 3 is 2.40 bits per heavy atom. The van der Waals surface area contributed by atoms with Crippen molar-refractivity contribution in [1.82, 2.24) is 5.32 Å². The number of aliphatic hydroxyl groups is 1. The van der Waals surface area contributed by atoms with E-state index in [-0.39, 0.29) is 6.04 Å². The summed E-state index contributed by atoms with van der Waals surface area (Å²) in [5.41, 5.74) is 3.58. The predicted molar refractivity (Wildman–Crippen MR) is 147 cm³/mol. The van der Waals surface area contributed by atoms with E-state index in [0.29, 0.717) is 27.8 Å². The second kappa shape index (κ2) is 11.1. The van der Waals surface area contributed by atoms with Crippen LogP contribution in [0.3, 0.4) is 0 Å². The molecule has 35 heavy (non-hydrogen) atoms. The van der Waals surface area contributed by atoms with Gasteiger partial charge >= 0.3 is 0 Å². The highest BCUT2D eigenvalue weighted by Crippen LogP contribution is 2.49. The van der Waals surface area contributed by atoms with Crippen LogP contribution in [-0.2, 0) is 0 Å². The number of nitrogens with one attached hydrogen (secondary N) is 1. The van der Waals surface area contributed by atoms with Crippen molar-refractivity contribution in [2.24, 2.45) is 11.8 Å². The third-order valence-corrected chi connectivity index (χ3v) is 8.35. The number of hydrogen-bond donors (Lipinski definition) is 2. The summed E-state index contributed by atoms with van der Waals surface area (Å²) in [7, 11) is 0. The Labute approximate surface area is 223 Å². The average Bonchev–Trinajstić information content (AvgIpc) is 3.67. The van der Waals surface area contributed by atoms with E-state index in [4.69, 9.17) is 34.8 Å². The zero-order valence-electron chi connectivity index (χ0n) is 19.6. The lowest BCUT2D eigenvalue weighted by Crippen LogP contribution is -2.40. The minimum atomic E-state index is -0.447. The molecule has 5 atom stereocenters. The Morgan fingerprint density at radius 2 is 1.66 bits per heavy atom. The molecule has 3 aromatic carbocycles. The van der Waals surface area contributed by atoms with Crippen LogP contribution in [0.2, 0.25) is 15.1 Å². The lowest BCUT2D eigenvalue weighted by molar-refractivity contribution is 0.110. The number of benzene rings is 3. The number of rotatable bonds is 8. The number of aliphatic hydroxyl groups excluding tert-OH is 1. The summed E-state index contributed by atoms with van der Waals surface area (Å²) in [6.07, 6.45) is 3.74. The number of nitrogens with zero attached hydrogens (tertiary/aromatic N) is 1. The maximum Gasteiger partial charge on any atom is 0.108 e. The standard InChI is InChI=1S/C29H31Cl3N2O/c30-21-7-10-23(11-8-21)34-18-19(6-13-28(34)24-12-9-22(31)16-27(24)32)14-15-33-29(35)26-17-25(26)20-4-2-1-3-5-20/h1-5,7-12,16,19,25-26,28-29,33,35H,6,13-15,17-18H2/t19?,25-,26?,28?,29+/m0/s1. The number of hydrogen-bond acceptors (Lipinski definition) is 3. The van der Waals surface area contributed by atoms with Gasteiger partial charge in [-0.05, 0) is 91.6 Å². The zero-order chi connectivity index (χ0) is 24.4. The predicted octanol–water partition coefficient (Wildman–Crippen LogP) is 7.71. The van der Waals surface area contributed by atoms with Crippen molar-refractivity contribution in [2.45, 2.75) is 43.9 Å². The minimum absolute atomic E-state index is 0.189. The molecule has 2 N–H and O–H groups in total. The van der Waals surface area contributed by atoms with Gasteiger partial charge in [-0.1, -0.05) is 71.2 Å². The van der Waals surface area contributed by atoms with E-state index in [1.54, 1.807) is 0 Å². The highest BCUT2D eigenvalue weighted by molar-refractivity contribution is 6.35. The van der Waals surface area contributed by atoms with E-state index < -0.39 is 6.23 Å². The Kier molecular flexibility index (Phi) is 7.91. The van der Waals surface area contributed by atoms with Crippen LogP contribution in [0.25, 0.3) is 0 Å². The van der Waals surface area contributed by atoms with Crippen molar-refractivity contribution in [3.8, 4) is 0 Å². The van der Waals surface area contributed by atoms with Gasteiger partial charge in [-0.15, -0.1) is 0 Å². The molecular formula is C29H31Cl3N2O. The summed E-state index contributed by atoms with van der Waals surface area (Å²) in [6.45, 7) is 1.74. The summed E-state index contributed by atoms with van der Waals surface area (Å²) < 4.78 is 0. The van der Waals surface area contributed by atoms with Crippen LogP contribution < -0.4 is 10.2 Å². The van der Waals surface area contributed by atoms with Gasteiger partial charge in [-0.3, -0.25) is 5.32 Å². The molecule has 3 aromatic rings. The molecule has 5 rings (SSSR count). The molecule has 2 aliphatic rings. The second-order valence-corrected chi connectivity index (χ2v) is 11.1. The first kappa shape index (κ1) is 24.9. The molecule has 0 aromatic heterocycles. The quantitative estimate of drug-likeness (QED) is 0.293. The van der Waals surface area contributed by atoms with Gasteiger partial charge in [0, 0.05) is 33.2 Å². The first-order valence-corrected chi connectivity index (χ1v) is 13.6. The van der Waals surface area contributed by atoms with Crippen LogP contribution in [0.4, 0.5) is 5.69 Å². The average molecular weight is 530 g/mol. The van der Waals surface area contributed by atoms with Gasteiger partial charge in [-0.25, -0.2) is 0 Å². The maximum atomic E-state index is 10.7. The first-order chi connectivity index (χ1) is 17.0. The fourth-order valence-electron chi connectivity index (χ4n) is 5.53. The minimum Gasteiger partial charge on any atom is -0.378 e. The fraction of sp³-hybridized carbons (Fsp3) is 0.379. The van der Waals surface area contributed by atoms with E-state index in [1.165, 1.54) is 5.56 Å². The third-order valence-electron chi connectivity index (χ3n) is 7.54. The molecule has 184 valence electrons. The molecule has 1 heterocycles. The summed E-state index contributed by atoms with van der Waals surface area (Å²) >= 11 is 18.9. The largest absolute Gasteiger partial charge is 0.378 e. The van der Waals surface area contributed by atoms with Gasteiger partial charge in [0.15, 0.2) is 0 Å². The molecule has 0 spiro atoms. The van der Waals surface area contributed by atoms with Crippen LogP contribution >= 0.6 is 34.8 Å². The van der Waals surface area contributed by atoms with E-state index in [0.717, 1.165) is 55.0 Å². The molecule has 0 bridgehead atoms. The van der Waals surface area contributed by atoms with Crippen molar-refractivity contribution in [2.75, 3.05) is 18.0 Å². The Balaban J connectivity index is 1.21. The van der Waals surface area contributed by atoms with Crippen LogP contribution in [0, 0.1) is 11.8 Å². The molecule has 1 saturated carbocycles. The normalized spacial score (nSPS) is 24.9. The summed E-state index contributed by atoms with van der Waals surface area (Å²) in [6, 6.07) is 24.5. The molecule has 3 unspecified atom stereocenters. The topological polar surface area (TPSA) is 35.5 Å². The molecule has 1 aliphatic heterocycles. The summed E-state index contributed by atoms with van der Waals surface area (Å²) in [5.74, 6) is 1.31. The SMILES string of the molecule is O[C@@H](NCCC1CCC(c2ccc(Cl)cc2Cl)N(c2ccc(Cl)cc2)C1)C1C[C@H]1c1ccccc1. The summed E-state index contributed by atoms with van der Waals surface area (Å²) in [4.78, 5) is 2.45. The molecule has 0 amide bonds. The summed E-state index contributed by atoms with van der Waals surface area (Å²) in [5, 5.41) is 16.2. The molecule has 2 fully saturated rings. The number of anilines is 1. The van der Waals surface area contributed by atoms with E-state index >= 15 is 0 Å². The lowest BCUT2D eigenvalue weighted by atomic mass is 9.86. The van der Waals surface area contributed by atoms with Gasteiger partial charge in [0.25, 0.3) is 0 Å². The van der Waals surface area contributed by atoms with Gasteiger partial charge in [0.05, 0.1) is 6.04 Å². The highest BCUT2D eigenvalue weighted by atomic mass is 35.5. The van der Waals surface area contributed by atoms with Crippen molar-refractivity contribution in [1.29, 1.82) is 0 Å². The number of piperidine rings is 1. The molecule has 3 nitrogen and oxygen atoms in total. The van der Waals surface area contributed by atoms with E-state index in [2.05, 4.69) is 52.7 Å². The Morgan fingerprint density at radius 1 is 0.914 bits per heavy atom. The van der Waals surface area contributed by atoms with Crippen molar-refractivity contribution >= 4 is 40.5 Å². The van der Waals surface area contributed by atoms with Crippen molar-refractivity contribution in [3.63, 3.8) is 0 Å². The smallest absolute Gasteiger partial charge is 0.108 e. The van der Waals surface area contributed by atoms with Crippen molar-refractivity contribution < 1.29 is 5.11 Å². The lowest BCUT2D eigenvalue weighted by Gasteiger charge is -2.42. The monoisotopic (exact) mass is 528 g/mol. The van der Waals surface area contributed by atoms with Crippen molar-refractivity contribution in [3.05, 3.63) is 99.0 Å². The molecule has 0 radical (unpaired) electrons. The highest BCUT2D eigenvalue weighted by Gasteiger charge is 2.43. The van der Waals surface area contributed by atoms with Gasteiger partial charge < -0.3 is 10.0 Å². The van der Waals surface area contributed by atoms with Gasteiger partial charge in [0.2, 0.25) is 0 Å². The van der Waals surface area contributed by atoms with Gasteiger partial charge in [-0.2, -0.15) is 0 Å². The van der Waals surface area contributed by atoms with Crippen LogP contribution in [0.5, 0.6) is 0 Å². The van der Waals surface area contributed by atoms with Crippen LogP contribution in [0.15, 0.2) is 72.8 Å². The molecule has 1 aliphatic carbocycles. The zero-order valence-corrected chi connectivity index (χ0v) is 21.9. The third kappa shape index (κ3) is 5.98. The number of halogens is 3. The van der Waals surface area contributed by atoms with Crippen LogP contribution in [-0.4, -0.2) is 24.4 Å². The van der Waals surface area contributed by atoms with Crippen LogP contribution in [0.1, 0.15) is 48.8 Å². The van der Waals surface area contributed by atoms with E-state index in [1.807, 2.05) is 30.3 Å². The second-order valence-electron chi connectivity index (χ2n) is 9.86. The molecule has 1 saturated heterocycles. The fourth-order valence-corrected chi connectivity index (χ4v) is 6.19.